The Bertz CT molecular complexity index is 924. The first-order valence-electron chi connectivity index (χ1n) is 7.97. The van der Waals surface area contributed by atoms with E-state index in [2.05, 4.69) is 22.5 Å². The minimum Gasteiger partial charge on any atom is -0.349 e. The highest BCUT2D eigenvalue weighted by Gasteiger charge is 2.23. The van der Waals surface area contributed by atoms with Gasteiger partial charge in [0.15, 0.2) is 0 Å². The Morgan fingerprint density at radius 1 is 1.27 bits per heavy atom. The van der Waals surface area contributed by atoms with Crippen LogP contribution in [0.4, 0.5) is 0 Å². The first-order chi connectivity index (χ1) is 11.4. The van der Waals surface area contributed by atoms with Crippen molar-refractivity contribution in [1.82, 2.24) is 24.8 Å². The molecular formula is C16H23Cl2N5O3. The van der Waals surface area contributed by atoms with E-state index in [0.29, 0.717) is 11.5 Å². The predicted octanol–water partition coefficient (Wildman–Crippen LogP) is 0.204. The van der Waals surface area contributed by atoms with E-state index in [4.69, 9.17) is 0 Å². The van der Waals surface area contributed by atoms with E-state index in [9.17, 15) is 14.4 Å². The third kappa shape index (κ3) is 3.92. The molecule has 2 atom stereocenters. The van der Waals surface area contributed by atoms with E-state index < -0.39 is 11.2 Å². The summed E-state index contributed by atoms with van der Waals surface area (Å²) in [4.78, 5) is 40.9. The molecule has 3 rings (SSSR count). The Kier molecular flexibility index (Phi) is 7.37. The molecule has 0 saturated carbocycles. The van der Waals surface area contributed by atoms with Gasteiger partial charge in [-0.15, -0.1) is 24.8 Å². The minimum absolute atomic E-state index is 0. The normalized spacial score (nSPS) is 19.3. The van der Waals surface area contributed by atoms with Crippen LogP contribution in [-0.2, 0) is 14.1 Å². The third-order valence-electron chi connectivity index (χ3n) is 4.66. The topological polar surface area (TPSA) is 98.0 Å². The van der Waals surface area contributed by atoms with E-state index >= 15 is 0 Å². The van der Waals surface area contributed by atoms with E-state index in [-0.39, 0.29) is 47.8 Å². The number of hydrogen-bond donors (Lipinski definition) is 2. The molecule has 10 heteroatoms. The zero-order valence-electron chi connectivity index (χ0n) is 14.8. The molecule has 1 aliphatic rings. The van der Waals surface area contributed by atoms with Gasteiger partial charge in [-0.1, -0.05) is 6.92 Å². The highest BCUT2D eigenvalue weighted by Crippen LogP contribution is 2.12. The van der Waals surface area contributed by atoms with Crippen molar-refractivity contribution in [2.45, 2.75) is 19.4 Å². The lowest BCUT2D eigenvalue weighted by Gasteiger charge is -2.30. The molecule has 1 aliphatic heterocycles. The predicted molar refractivity (Wildman–Crippen MR) is 105 cm³/mol. The number of aryl methyl sites for hydroxylation is 1. The standard InChI is InChI=1S/C16H21N5O3.2ClH/c1-9-7-17-5-4-12(9)19-14(22)10-6-11-13(18-8-10)20(2)16(24)21(3)15(11)23;;/h6,8-9,12,17H,4-5,7H2,1-3H3,(H,19,22);2*1H. The second-order valence-electron chi connectivity index (χ2n) is 6.35. The van der Waals surface area contributed by atoms with E-state index in [1.807, 2.05) is 0 Å². The van der Waals surface area contributed by atoms with Crippen LogP contribution >= 0.6 is 24.8 Å². The number of fused-ring (bicyclic) bond motifs is 1. The van der Waals surface area contributed by atoms with Gasteiger partial charge in [0.1, 0.15) is 5.65 Å². The third-order valence-corrected chi connectivity index (χ3v) is 4.66. The molecule has 0 radical (unpaired) electrons. The van der Waals surface area contributed by atoms with E-state index in [0.717, 1.165) is 24.1 Å². The van der Waals surface area contributed by atoms with Gasteiger partial charge in [0.25, 0.3) is 11.5 Å². The maximum absolute atomic E-state index is 12.5. The highest BCUT2D eigenvalue weighted by atomic mass is 35.5. The average Bonchev–Trinajstić information content (AvgIpc) is 2.59. The highest BCUT2D eigenvalue weighted by molar-refractivity contribution is 5.96. The number of carbonyl (C=O) groups excluding carboxylic acids is 1. The maximum Gasteiger partial charge on any atom is 0.332 e. The average molecular weight is 404 g/mol. The first kappa shape index (κ1) is 22.1. The number of amides is 1. The van der Waals surface area contributed by atoms with Gasteiger partial charge in [-0.25, -0.2) is 9.78 Å². The molecule has 0 bridgehead atoms. The molecule has 1 saturated heterocycles. The number of pyridine rings is 1. The molecule has 1 amide bonds. The van der Waals surface area contributed by atoms with Crippen LogP contribution in [0.2, 0.25) is 0 Å². The summed E-state index contributed by atoms with van der Waals surface area (Å²) < 4.78 is 2.31. The van der Waals surface area contributed by atoms with Crippen molar-refractivity contribution < 1.29 is 4.79 Å². The van der Waals surface area contributed by atoms with Gasteiger partial charge in [0.2, 0.25) is 0 Å². The Labute approximate surface area is 162 Å². The van der Waals surface area contributed by atoms with Gasteiger partial charge >= 0.3 is 5.69 Å². The largest absolute Gasteiger partial charge is 0.349 e. The van der Waals surface area contributed by atoms with Crippen molar-refractivity contribution >= 4 is 41.8 Å². The maximum atomic E-state index is 12.5. The van der Waals surface area contributed by atoms with Crippen molar-refractivity contribution in [3.8, 4) is 0 Å². The fraction of sp³-hybridized carbons (Fsp3) is 0.500. The number of carbonyl (C=O) groups is 1. The van der Waals surface area contributed by atoms with Crippen LogP contribution in [0.5, 0.6) is 0 Å². The van der Waals surface area contributed by atoms with E-state index in [1.54, 1.807) is 7.05 Å². The molecule has 3 heterocycles. The summed E-state index contributed by atoms with van der Waals surface area (Å²) in [5.41, 5.74) is -0.301. The van der Waals surface area contributed by atoms with Crippen LogP contribution in [0, 0.1) is 5.92 Å². The molecule has 2 N–H and O–H groups in total. The van der Waals surface area contributed by atoms with Crippen molar-refractivity contribution in [3.05, 3.63) is 38.7 Å². The van der Waals surface area contributed by atoms with Crippen LogP contribution in [0.15, 0.2) is 21.9 Å². The van der Waals surface area contributed by atoms with Gasteiger partial charge in [0.05, 0.1) is 10.9 Å². The zero-order valence-corrected chi connectivity index (χ0v) is 16.4. The zero-order chi connectivity index (χ0) is 17.4. The van der Waals surface area contributed by atoms with Crippen molar-refractivity contribution in [1.29, 1.82) is 0 Å². The van der Waals surface area contributed by atoms with Gasteiger partial charge in [-0.3, -0.25) is 18.7 Å². The summed E-state index contributed by atoms with van der Waals surface area (Å²) >= 11 is 0. The molecule has 0 spiro atoms. The van der Waals surface area contributed by atoms with Crippen molar-refractivity contribution in [3.63, 3.8) is 0 Å². The molecule has 8 nitrogen and oxygen atoms in total. The minimum atomic E-state index is -0.453. The summed E-state index contributed by atoms with van der Waals surface area (Å²) in [6.45, 7) is 3.82. The summed E-state index contributed by atoms with van der Waals surface area (Å²) in [6.07, 6.45) is 2.27. The van der Waals surface area contributed by atoms with Crippen LogP contribution < -0.4 is 21.9 Å². The lowest BCUT2D eigenvalue weighted by molar-refractivity contribution is 0.0914. The van der Waals surface area contributed by atoms with E-state index in [1.165, 1.54) is 23.9 Å². The smallest absolute Gasteiger partial charge is 0.332 e. The second-order valence-corrected chi connectivity index (χ2v) is 6.35. The molecule has 144 valence electrons. The summed E-state index contributed by atoms with van der Waals surface area (Å²) in [7, 11) is 2.96. The van der Waals surface area contributed by atoms with Crippen molar-refractivity contribution in [2.75, 3.05) is 13.1 Å². The van der Waals surface area contributed by atoms with Crippen LogP contribution in [-0.4, -0.2) is 39.2 Å². The van der Waals surface area contributed by atoms with Crippen LogP contribution in [0.1, 0.15) is 23.7 Å². The lowest BCUT2D eigenvalue weighted by atomic mass is 9.95. The Morgan fingerprint density at radius 2 is 1.96 bits per heavy atom. The SMILES string of the molecule is CC1CNCCC1NC(=O)c1cnc2c(c1)c(=O)n(C)c(=O)n2C.Cl.Cl. The number of nitrogens with zero attached hydrogens (tertiary/aromatic N) is 3. The molecule has 1 fully saturated rings. The quantitative estimate of drug-likeness (QED) is 0.746. The van der Waals surface area contributed by atoms with Gasteiger partial charge in [-0.2, -0.15) is 0 Å². The van der Waals surface area contributed by atoms with Crippen LogP contribution in [0.25, 0.3) is 11.0 Å². The molecule has 2 aromatic rings. The van der Waals surface area contributed by atoms with Gasteiger partial charge < -0.3 is 10.6 Å². The van der Waals surface area contributed by atoms with Gasteiger partial charge in [-0.05, 0) is 31.5 Å². The molecule has 0 aromatic carbocycles. The first-order valence-corrected chi connectivity index (χ1v) is 7.97. The summed E-state index contributed by atoms with van der Waals surface area (Å²) in [5, 5.41) is 6.56. The van der Waals surface area contributed by atoms with Gasteiger partial charge in [0, 0.05) is 26.3 Å². The molecule has 2 aromatic heterocycles. The Balaban J connectivity index is 0.00000169. The Hall–Kier alpha value is -1.90. The number of halogens is 2. The fourth-order valence-corrected chi connectivity index (χ4v) is 3.07. The number of nitrogens with one attached hydrogen (secondary N) is 2. The monoisotopic (exact) mass is 403 g/mol. The number of hydrogen-bond acceptors (Lipinski definition) is 5. The Morgan fingerprint density at radius 3 is 2.62 bits per heavy atom. The number of piperidine rings is 1. The molecular weight excluding hydrogens is 381 g/mol. The fourth-order valence-electron chi connectivity index (χ4n) is 3.07. The molecule has 2 unspecified atom stereocenters. The summed E-state index contributed by atoms with van der Waals surface area (Å²) in [6, 6.07) is 1.60. The summed E-state index contributed by atoms with van der Waals surface area (Å²) in [5.74, 6) is 0.0869. The molecule has 0 aliphatic carbocycles. The molecule has 26 heavy (non-hydrogen) atoms. The second kappa shape index (κ2) is 8.66. The number of aromatic nitrogens is 3. The lowest BCUT2D eigenvalue weighted by Crippen LogP contribution is -2.48. The van der Waals surface area contributed by atoms with Crippen molar-refractivity contribution in [2.24, 2.45) is 20.0 Å². The van der Waals surface area contributed by atoms with Crippen LogP contribution in [0.3, 0.4) is 0 Å². The number of rotatable bonds is 2.